The molecule has 1 saturated heterocycles. The van der Waals surface area contributed by atoms with Crippen molar-refractivity contribution < 1.29 is 48.9 Å². The molecule has 6 amide bonds. The van der Waals surface area contributed by atoms with Crippen LogP contribution in [0.3, 0.4) is 0 Å². The van der Waals surface area contributed by atoms with Gasteiger partial charge in [0.1, 0.15) is 36.3 Å². The van der Waals surface area contributed by atoms with E-state index >= 15 is 0 Å². The summed E-state index contributed by atoms with van der Waals surface area (Å²) in [4.78, 5) is 93.8. The average Bonchev–Trinajstić information content (AvgIpc) is 3.51. The van der Waals surface area contributed by atoms with E-state index in [1.165, 1.54) is 25.7 Å². The molecule has 1 aliphatic heterocycles. The van der Waals surface area contributed by atoms with Gasteiger partial charge < -0.3 is 64.0 Å². The van der Waals surface area contributed by atoms with Crippen LogP contribution in [0.4, 0.5) is 0 Å². The second kappa shape index (κ2) is 20.1. The summed E-state index contributed by atoms with van der Waals surface area (Å²) >= 11 is 0. The van der Waals surface area contributed by atoms with Gasteiger partial charge in [0.25, 0.3) is 0 Å². The molecular formula is C29H52N10O10. The molecule has 0 aromatic rings. The van der Waals surface area contributed by atoms with Crippen LogP contribution >= 0.6 is 0 Å². The standard InChI is InChI=1S/C29H52N10O10/c1-13(2)20(37-26(46)21(16(5)41)38-23(43)17(30)8-6-10-33-29(31)32)25(45)34-14(3)22(42)35-15(4)27(47)39-11-7-9-19(39)24(44)36-18(12-40)28(48)49/h13-21,40-41H,6-12,30H2,1-5H3,(H,34,45)(H,35,42)(H,36,44)(H,37,46)(H,38,43)(H,48,49)(H4,31,32,33)/t14-,15-,16+,17-,18-,19-,20-,21-/m0/s1. The van der Waals surface area contributed by atoms with Gasteiger partial charge in [0.15, 0.2) is 5.96 Å². The van der Waals surface area contributed by atoms with E-state index in [2.05, 4.69) is 31.6 Å². The Morgan fingerprint density at radius 3 is 1.94 bits per heavy atom. The molecule has 278 valence electrons. The van der Waals surface area contributed by atoms with Crippen molar-refractivity contribution in [3.8, 4) is 0 Å². The third kappa shape index (κ3) is 13.5. The van der Waals surface area contributed by atoms with Gasteiger partial charge in [-0.05, 0) is 52.4 Å². The summed E-state index contributed by atoms with van der Waals surface area (Å²) in [5.41, 5.74) is 16.4. The van der Waals surface area contributed by atoms with E-state index in [1.807, 2.05) is 0 Å². The maximum absolute atomic E-state index is 13.2. The zero-order valence-electron chi connectivity index (χ0n) is 28.5. The number of aliphatic hydroxyl groups excluding tert-OH is 2. The summed E-state index contributed by atoms with van der Waals surface area (Å²) in [6.45, 7) is 6.83. The second-order valence-electron chi connectivity index (χ2n) is 12.2. The van der Waals surface area contributed by atoms with E-state index in [0.717, 1.165) is 0 Å². The first-order chi connectivity index (χ1) is 22.8. The molecule has 0 aliphatic carbocycles. The van der Waals surface area contributed by atoms with E-state index in [-0.39, 0.29) is 31.9 Å². The van der Waals surface area contributed by atoms with Crippen molar-refractivity contribution >= 4 is 47.4 Å². The first kappa shape index (κ1) is 42.5. The number of guanidine groups is 1. The van der Waals surface area contributed by atoms with Gasteiger partial charge >= 0.3 is 5.97 Å². The zero-order chi connectivity index (χ0) is 37.6. The van der Waals surface area contributed by atoms with Crippen LogP contribution in [0.15, 0.2) is 4.99 Å². The highest BCUT2D eigenvalue weighted by Crippen LogP contribution is 2.19. The summed E-state index contributed by atoms with van der Waals surface area (Å²) in [5.74, 6) is -6.54. The van der Waals surface area contributed by atoms with Crippen LogP contribution in [0.2, 0.25) is 0 Å². The number of carbonyl (C=O) groups excluding carboxylic acids is 6. The Morgan fingerprint density at radius 2 is 1.41 bits per heavy atom. The molecule has 1 aliphatic rings. The molecule has 49 heavy (non-hydrogen) atoms. The van der Waals surface area contributed by atoms with Gasteiger partial charge in [-0.15, -0.1) is 0 Å². The predicted molar refractivity (Wildman–Crippen MR) is 175 cm³/mol. The van der Waals surface area contributed by atoms with Gasteiger partial charge in [0, 0.05) is 13.1 Å². The largest absolute Gasteiger partial charge is 0.480 e. The summed E-state index contributed by atoms with van der Waals surface area (Å²) in [7, 11) is 0. The Balaban J connectivity index is 2.82. The molecule has 1 heterocycles. The van der Waals surface area contributed by atoms with E-state index < -0.39 is 102 Å². The zero-order valence-corrected chi connectivity index (χ0v) is 28.5. The fraction of sp³-hybridized carbons (Fsp3) is 0.724. The Bertz CT molecular complexity index is 1230. The minimum Gasteiger partial charge on any atom is -0.480 e. The predicted octanol–water partition coefficient (Wildman–Crippen LogP) is -5.06. The van der Waals surface area contributed by atoms with Gasteiger partial charge in [0.05, 0.1) is 18.8 Å². The van der Waals surface area contributed by atoms with Gasteiger partial charge in [-0.3, -0.25) is 33.8 Å². The number of hydrogen-bond acceptors (Lipinski definition) is 11. The molecule has 0 aromatic carbocycles. The maximum Gasteiger partial charge on any atom is 0.328 e. The summed E-state index contributed by atoms with van der Waals surface area (Å²) in [6, 6.07) is -8.58. The molecule has 14 N–H and O–H groups in total. The van der Waals surface area contributed by atoms with Gasteiger partial charge in [-0.2, -0.15) is 0 Å². The van der Waals surface area contributed by atoms with E-state index in [4.69, 9.17) is 22.3 Å². The Hall–Kier alpha value is -4.56. The van der Waals surface area contributed by atoms with E-state index in [0.29, 0.717) is 12.8 Å². The number of aliphatic hydroxyl groups is 2. The molecule has 0 radical (unpaired) electrons. The monoisotopic (exact) mass is 700 g/mol. The van der Waals surface area contributed by atoms with Crippen LogP contribution < -0.4 is 43.8 Å². The first-order valence-electron chi connectivity index (χ1n) is 16.0. The lowest BCUT2D eigenvalue weighted by molar-refractivity contribution is -0.145. The molecule has 0 spiro atoms. The number of aliphatic imine (C=N–C) groups is 1. The molecule has 8 atom stereocenters. The number of hydrogen-bond donors (Lipinski definition) is 11. The molecule has 1 fully saturated rings. The Labute approximate surface area is 284 Å². The van der Waals surface area contributed by atoms with Crippen LogP contribution in [0.5, 0.6) is 0 Å². The number of nitrogens with zero attached hydrogens (tertiary/aromatic N) is 2. The quantitative estimate of drug-likeness (QED) is 0.0342. The number of carboxylic acid groups (broad SMARTS) is 1. The van der Waals surface area contributed by atoms with Gasteiger partial charge in [-0.25, -0.2) is 4.79 Å². The SMILES string of the molecule is CC(C)[C@H](NC(=O)[C@@H](NC(=O)[C@@H](N)CCCN=C(N)N)[C@@H](C)O)C(=O)N[C@@H](C)C(=O)N[C@@H](C)C(=O)N1CCC[C@H]1C(=O)N[C@@H](CO)C(=O)O. The van der Waals surface area contributed by atoms with Crippen molar-refractivity contribution in [1.29, 1.82) is 0 Å². The van der Waals surface area contributed by atoms with Crippen LogP contribution in [-0.2, 0) is 33.6 Å². The molecule has 20 nitrogen and oxygen atoms in total. The maximum atomic E-state index is 13.2. The minimum absolute atomic E-state index is 0.110. The second-order valence-corrected chi connectivity index (χ2v) is 12.2. The fourth-order valence-electron chi connectivity index (χ4n) is 4.87. The molecule has 20 heteroatoms. The molecule has 0 unspecified atom stereocenters. The highest BCUT2D eigenvalue weighted by Gasteiger charge is 2.38. The number of likely N-dealkylation sites (tertiary alicyclic amines) is 1. The number of carbonyl (C=O) groups is 7. The summed E-state index contributed by atoms with van der Waals surface area (Å²) < 4.78 is 0. The third-order valence-corrected chi connectivity index (χ3v) is 7.73. The fourth-order valence-corrected chi connectivity index (χ4v) is 4.87. The number of nitrogens with one attached hydrogen (secondary N) is 5. The average molecular weight is 701 g/mol. The van der Waals surface area contributed by atoms with Gasteiger partial charge in [-0.1, -0.05) is 13.8 Å². The number of aliphatic carboxylic acids is 1. The topological polar surface area (TPSA) is 334 Å². The van der Waals surface area contributed by atoms with Crippen LogP contribution in [0.1, 0.15) is 60.3 Å². The number of nitrogens with two attached hydrogens (primary N) is 3. The van der Waals surface area contributed by atoms with E-state index in [1.54, 1.807) is 13.8 Å². The first-order valence-corrected chi connectivity index (χ1v) is 16.0. The summed E-state index contributed by atoms with van der Waals surface area (Å²) in [6.07, 6.45) is -0.111. The van der Waals surface area contributed by atoms with Crippen LogP contribution in [0, 0.1) is 5.92 Å². The summed E-state index contributed by atoms with van der Waals surface area (Å²) in [5, 5.41) is 40.5. The van der Waals surface area contributed by atoms with Crippen molar-refractivity contribution in [3.05, 3.63) is 0 Å². The van der Waals surface area contributed by atoms with Crippen molar-refractivity contribution in [2.24, 2.45) is 28.1 Å². The van der Waals surface area contributed by atoms with Crippen molar-refractivity contribution in [2.75, 3.05) is 19.7 Å². The molecule has 0 aromatic heterocycles. The minimum atomic E-state index is -1.54. The normalized spacial score (nSPS) is 18.5. The highest BCUT2D eigenvalue weighted by molar-refractivity contribution is 5.97. The number of carboxylic acids is 1. The number of rotatable bonds is 19. The lowest BCUT2D eigenvalue weighted by atomic mass is 10.0. The van der Waals surface area contributed by atoms with E-state index in [9.17, 15) is 43.8 Å². The molecule has 0 saturated carbocycles. The highest BCUT2D eigenvalue weighted by atomic mass is 16.4. The van der Waals surface area contributed by atoms with Crippen molar-refractivity contribution in [1.82, 2.24) is 31.5 Å². The molecular weight excluding hydrogens is 648 g/mol. The lowest BCUT2D eigenvalue weighted by Gasteiger charge is -2.29. The Morgan fingerprint density at radius 1 is 0.837 bits per heavy atom. The lowest BCUT2D eigenvalue weighted by Crippen LogP contribution is -2.61. The Kier molecular flexibility index (Phi) is 17.4. The smallest absolute Gasteiger partial charge is 0.328 e. The van der Waals surface area contributed by atoms with Gasteiger partial charge in [0.2, 0.25) is 35.4 Å². The van der Waals surface area contributed by atoms with Crippen LogP contribution in [0.25, 0.3) is 0 Å². The third-order valence-electron chi connectivity index (χ3n) is 7.73. The van der Waals surface area contributed by atoms with Crippen molar-refractivity contribution in [2.45, 2.75) is 109 Å². The molecule has 0 bridgehead atoms. The van der Waals surface area contributed by atoms with Crippen LogP contribution in [-0.4, -0.2) is 136 Å². The molecule has 1 rings (SSSR count). The number of amides is 6. The van der Waals surface area contributed by atoms with Crippen molar-refractivity contribution in [3.63, 3.8) is 0 Å².